The van der Waals surface area contributed by atoms with Crippen molar-refractivity contribution in [2.24, 2.45) is 0 Å². The summed E-state index contributed by atoms with van der Waals surface area (Å²) in [6.45, 7) is 2.60. The summed E-state index contributed by atoms with van der Waals surface area (Å²) in [5, 5.41) is 7.71. The number of nitrogens with zero attached hydrogens (tertiary/aromatic N) is 6. The van der Waals surface area contributed by atoms with Crippen LogP contribution in [0.15, 0.2) is 43.1 Å². The Hall–Kier alpha value is -3.13. The molecule has 1 N–H and O–H groups in total. The molecule has 0 aromatic carbocycles. The highest BCUT2D eigenvalue weighted by Crippen LogP contribution is 2.26. The monoisotopic (exact) mass is 335 g/mol. The maximum absolute atomic E-state index is 5.12. The predicted molar refractivity (Wildman–Crippen MR) is 94.3 cm³/mol. The molecule has 0 aliphatic carbocycles. The summed E-state index contributed by atoms with van der Waals surface area (Å²) >= 11 is 0. The lowest BCUT2D eigenvalue weighted by atomic mass is 10.1. The van der Waals surface area contributed by atoms with Crippen LogP contribution in [0.4, 0.5) is 5.95 Å². The van der Waals surface area contributed by atoms with Gasteiger partial charge in [0.1, 0.15) is 5.52 Å². The number of hydrogen-bond donors (Lipinski definition) is 1. The molecule has 8 nitrogen and oxygen atoms in total. The largest absolute Gasteiger partial charge is 0.383 e. The Morgan fingerprint density at radius 2 is 2.04 bits per heavy atom. The van der Waals surface area contributed by atoms with Gasteiger partial charge in [0.2, 0.25) is 5.95 Å². The summed E-state index contributed by atoms with van der Waals surface area (Å²) < 4.78 is 6.91. The van der Waals surface area contributed by atoms with E-state index in [1.54, 1.807) is 36.4 Å². The summed E-state index contributed by atoms with van der Waals surface area (Å²) in [4.78, 5) is 17.3. The van der Waals surface area contributed by atoms with E-state index in [1.165, 1.54) is 0 Å². The lowest BCUT2D eigenvalue weighted by molar-refractivity contribution is 0.190. The van der Waals surface area contributed by atoms with Crippen molar-refractivity contribution < 1.29 is 4.74 Å². The molecule has 0 saturated carbocycles. The topological polar surface area (TPSA) is 90.1 Å². The molecule has 4 rings (SSSR count). The number of methoxy groups -OCH3 is 1. The fourth-order valence-corrected chi connectivity index (χ4v) is 2.73. The fraction of sp³-hybridized carbons (Fsp3) is 0.235. The molecule has 4 aromatic rings. The van der Waals surface area contributed by atoms with Gasteiger partial charge in [-0.3, -0.25) is 4.98 Å². The Labute approximate surface area is 143 Å². The van der Waals surface area contributed by atoms with Crippen LogP contribution in [0.5, 0.6) is 0 Å². The summed E-state index contributed by atoms with van der Waals surface area (Å²) in [7, 11) is 1.67. The molecule has 1 unspecified atom stereocenters. The molecule has 0 bridgehead atoms. The highest BCUT2D eigenvalue weighted by molar-refractivity contribution is 5.84. The SMILES string of the molecule is COCC(C)Nc1ncc2c(-c3cnc4nccnc4c3)ccn2n1. The Kier molecular flexibility index (Phi) is 3.95. The van der Waals surface area contributed by atoms with E-state index in [0.717, 1.165) is 22.2 Å². The van der Waals surface area contributed by atoms with E-state index in [4.69, 9.17) is 4.74 Å². The van der Waals surface area contributed by atoms with Crippen molar-refractivity contribution in [2.75, 3.05) is 19.0 Å². The van der Waals surface area contributed by atoms with Gasteiger partial charge in [-0.2, -0.15) is 0 Å². The molecule has 126 valence electrons. The quantitative estimate of drug-likeness (QED) is 0.598. The molecule has 8 heteroatoms. The first-order valence-electron chi connectivity index (χ1n) is 7.91. The number of rotatable bonds is 5. The number of pyridine rings is 1. The van der Waals surface area contributed by atoms with Gasteiger partial charge in [0.25, 0.3) is 0 Å². The third-order valence-corrected chi connectivity index (χ3v) is 3.84. The first kappa shape index (κ1) is 15.4. The number of fused-ring (bicyclic) bond motifs is 2. The molecule has 0 amide bonds. The van der Waals surface area contributed by atoms with E-state index in [9.17, 15) is 0 Å². The number of nitrogens with one attached hydrogen (secondary N) is 1. The van der Waals surface area contributed by atoms with Crippen molar-refractivity contribution in [1.29, 1.82) is 0 Å². The van der Waals surface area contributed by atoms with Gasteiger partial charge in [0, 0.05) is 49.1 Å². The zero-order valence-corrected chi connectivity index (χ0v) is 13.9. The average Bonchev–Trinajstić information content (AvgIpc) is 3.04. The molecular formula is C17H17N7O. The van der Waals surface area contributed by atoms with Crippen molar-refractivity contribution >= 4 is 22.6 Å². The molecule has 25 heavy (non-hydrogen) atoms. The van der Waals surface area contributed by atoms with Crippen LogP contribution >= 0.6 is 0 Å². The predicted octanol–water partition coefficient (Wildman–Crippen LogP) is 2.18. The zero-order chi connectivity index (χ0) is 17.2. The van der Waals surface area contributed by atoms with E-state index >= 15 is 0 Å². The minimum absolute atomic E-state index is 0.126. The lowest BCUT2D eigenvalue weighted by Gasteiger charge is -2.12. The fourth-order valence-electron chi connectivity index (χ4n) is 2.73. The van der Waals surface area contributed by atoms with Crippen LogP contribution in [0.3, 0.4) is 0 Å². The maximum Gasteiger partial charge on any atom is 0.241 e. The highest BCUT2D eigenvalue weighted by Gasteiger charge is 2.10. The third-order valence-electron chi connectivity index (χ3n) is 3.84. The van der Waals surface area contributed by atoms with Crippen molar-refractivity contribution in [3.8, 4) is 11.1 Å². The zero-order valence-electron chi connectivity index (χ0n) is 13.9. The van der Waals surface area contributed by atoms with Crippen LogP contribution in [0.1, 0.15) is 6.92 Å². The normalized spacial score (nSPS) is 12.6. The molecule has 1 atom stereocenters. The van der Waals surface area contributed by atoms with Crippen molar-refractivity contribution in [3.05, 3.63) is 43.1 Å². The minimum atomic E-state index is 0.126. The van der Waals surface area contributed by atoms with Gasteiger partial charge < -0.3 is 10.1 Å². The highest BCUT2D eigenvalue weighted by atomic mass is 16.5. The summed E-state index contributed by atoms with van der Waals surface area (Å²) in [6.07, 6.45) is 8.78. The van der Waals surface area contributed by atoms with Crippen LogP contribution in [0, 0.1) is 0 Å². The summed E-state index contributed by atoms with van der Waals surface area (Å²) in [5.74, 6) is 0.557. The Morgan fingerprint density at radius 1 is 1.16 bits per heavy atom. The van der Waals surface area contributed by atoms with Gasteiger partial charge in [-0.25, -0.2) is 19.5 Å². The third kappa shape index (κ3) is 2.99. The second-order valence-corrected chi connectivity index (χ2v) is 5.76. The minimum Gasteiger partial charge on any atom is -0.383 e. The molecule has 4 aromatic heterocycles. The van der Waals surface area contributed by atoms with Gasteiger partial charge in [0.05, 0.1) is 18.3 Å². The van der Waals surface area contributed by atoms with Crippen LogP contribution in [0.25, 0.3) is 27.8 Å². The molecule has 0 radical (unpaired) electrons. The molecule has 0 aliphatic heterocycles. The van der Waals surface area contributed by atoms with Crippen LogP contribution < -0.4 is 5.32 Å². The lowest BCUT2D eigenvalue weighted by Crippen LogP contribution is -2.22. The number of aromatic nitrogens is 6. The molecule has 0 fully saturated rings. The van der Waals surface area contributed by atoms with Gasteiger partial charge in [-0.15, -0.1) is 5.10 Å². The van der Waals surface area contributed by atoms with E-state index in [2.05, 4.69) is 30.4 Å². The smallest absolute Gasteiger partial charge is 0.241 e. The number of ether oxygens (including phenoxy) is 1. The standard InChI is InChI=1S/C17H17N7O/c1-11(10-25-2)22-17-21-9-15-13(3-6-24(15)23-17)12-7-14-16(20-8-12)19-5-4-18-14/h3-9,11H,10H2,1-2H3,(H,22,23). The van der Waals surface area contributed by atoms with Crippen LogP contribution in [-0.2, 0) is 4.74 Å². The molecule has 4 heterocycles. The molecule has 0 spiro atoms. The van der Waals surface area contributed by atoms with E-state index in [1.807, 2.05) is 25.3 Å². The Balaban J connectivity index is 1.70. The van der Waals surface area contributed by atoms with Crippen molar-refractivity contribution in [1.82, 2.24) is 29.5 Å². The Bertz CT molecular complexity index is 1030. The first-order valence-corrected chi connectivity index (χ1v) is 7.91. The van der Waals surface area contributed by atoms with Crippen LogP contribution in [0.2, 0.25) is 0 Å². The van der Waals surface area contributed by atoms with Crippen molar-refractivity contribution in [2.45, 2.75) is 13.0 Å². The van der Waals surface area contributed by atoms with E-state index < -0.39 is 0 Å². The van der Waals surface area contributed by atoms with Gasteiger partial charge >= 0.3 is 0 Å². The van der Waals surface area contributed by atoms with E-state index in [-0.39, 0.29) is 6.04 Å². The van der Waals surface area contributed by atoms with Gasteiger partial charge in [-0.1, -0.05) is 0 Å². The average molecular weight is 335 g/mol. The number of anilines is 1. The van der Waals surface area contributed by atoms with Gasteiger partial charge in [-0.05, 0) is 19.1 Å². The molecule has 0 aliphatic rings. The summed E-state index contributed by atoms with van der Waals surface area (Å²) in [6, 6.07) is 4.09. The first-order chi connectivity index (χ1) is 12.2. The van der Waals surface area contributed by atoms with Gasteiger partial charge in [0.15, 0.2) is 5.65 Å². The summed E-state index contributed by atoms with van der Waals surface area (Å²) in [5.41, 5.74) is 4.23. The Morgan fingerprint density at radius 3 is 2.92 bits per heavy atom. The second-order valence-electron chi connectivity index (χ2n) is 5.76. The maximum atomic E-state index is 5.12. The van der Waals surface area contributed by atoms with Crippen molar-refractivity contribution in [3.63, 3.8) is 0 Å². The molecular weight excluding hydrogens is 318 g/mol. The van der Waals surface area contributed by atoms with Crippen LogP contribution in [-0.4, -0.2) is 49.3 Å². The second kappa shape index (κ2) is 6.40. The molecule has 0 saturated heterocycles. The number of hydrogen-bond acceptors (Lipinski definition) is 7. The van der Waals surface area contributed by atoms with E-state index in [0.29, 0.717) is 18.2 Å².